The van der Waals surface area contributed by atoms with Crippen LogP contribution in [0.25, 0.3) is 26.4 Å². The quantitative estimate of drug-likeness (QED) is 0.526. The van der Waals surface area contributed by atoms with Crippen molar-refractivity contribution in [1.29, 1.82) is 0 Å². The first kappa shape index (κ1) is 16.7. The first-order chi connectivity index (χ1) is 12.4. The van der Waals surface area contributed by atoms with Gasteiger partial charge in [-0.3, -0.25) is 4.40 Å². The number of fused-ring (bicyclic) bond motifs is 3. The Hall–Kier alpha value is -2.73. The van der Waals surface area contributed by atoms with Crippen LogP contribution in [0.2, 0.25) is 0 Å². The number of thiazole rings is 1. The maximum atomic E-state index is 9.91. The van der Waals surface area contributed by atoms with E-state index in [2.05, 4.69) is 42.6 Å². The van der Waals surface area contributed by atoms with E-state index in [1.807, 2.05) is 24.3 Å². The SMILES string of the molecule is COc1cc(-c2nc3sc4ccccc4n3c2NC(C)(C)C)ccc1O. The van der Waals surface area contributed by atoms with Crippen LogP contribution in [0.3, 0.4) is 0 Å². The molecule has 0 unspecified atom stereocenters. The van der Waals surface area contributed by atoms with E-state index in [-0.39, 0.29) is 11.3 Å². The second kappa shape index (κ2) is 5.92. The van der Waals surface area contributed by atoms with Crippen molar-refractivity contribution in [2.45, 2.75) is 26.3 Å². The number of phenols is 1. The van der Waals surface area contributed by atoms with E-state index in [0.717, 1.165) is 27.6 Å². The number of nitrogens with one attached hydrogen (secondary N) is 1. The summed E-state index contributed by atoms with van der Waals surface area (Å²) in [5.41, 5.74) is 2.74. The summed E-state index contributed by atoms with van der Waals surface area (Å²) in [5.74, 6) is 1.50. The molecule has 0 bridgehead atoms. The normalized spacial score (nSPS) is 12.0. The molecule has 2 N–H and O–H groups in total. The first-order valence-electron chi connectivity index (χ1n) is 8.43. The lowest BCUT2D eigenvalue weighted by Crippen LogP contribution is -2.27. The fourth-order valence-corrected chi connectivity index (χ4v) is 4.04. The summed E-state index contributed by atoms with van der Waals surface area (Å²) in [5, 5.41) is 13.5. The van der Waals surface area contributed by atoms with E-state index in [9.17, 15) is 5.11 Å². The molecule has 0 atom stereocenters. The van der Waals surface area contributed by atoms with Crippen molar-refractivity contribution < 1.29 is 9.84 Å². The van der Waals surface area contributed by atoms with Crippen LogP contribution in [0, 0.1) is 0 Å². The van der Waals surface area contributed by atoms with Crippen molar-refractivity contribution in [2.24, 2.45) is 0 Å². The molecule has 0 amide bonds. The predicted octanol–water partition coefficient (Wildman–Crippen LogP) is 5.14. The molecule has 2 heterocycles. The number of phenolic OH excluding ortho intramolecular Hbond substituents is 1. The summed E-state index contributed by atoms with van der Waals surface area (Å²) >= 11 is 1.66. The second-order valence-electron chi connectivity index (χ2n) is 7.26. The average molecular weight is 367 g/mol. The zero-order chi connectivity index (χ0) is 18.5. The Kier molecular flexibility index (Phi) is 3.80. The average Bonchev–Trinajstić information content (AvgIpc) is 3.11. The topological polar surface area (TPSA) is 58.8 Å². The summed E-state index contributed by atoms with van der Waals surface area (Å²) in [6.07, 6.45) is 0. The molecule has 2 aromatic heterocycles. The van der Waals surface area contributed by atoms with Gasteiger partial charge in [0.05, 0.1) is 17.3 Å². The van der Waals surface area contributed by atoms with Crippen molar-refractivity contribution in [2.75, 3.05) is 12.4 Å². The number of benzene rings is 2. The van der Waals surface area contributed by atoms with Crippen LogP contribution in [0.1, 0.15) is 20.8 Å². The minimum Gasteiger partial charge on any atom is -0.504 e. The molecule has 134 valence electrons. The Balaban J connectivity index is 2.01. The van der Waals surface area contributed by atoms with Crippen LogP contribution in [-0.4, -0.2) is 27.1 Å². The van der Waals surface area contributed by atoms with Gasteiger partial charge in [0.15, 0.2) is 16.5 Å². The van der Waals surface area contributed by atoms with Crippen LogP contribution < -0.4 is 10.1 Å². The van der Waals surface area contributed by atoms with Crippen molar-refractivity contribution in [3.63, 3.8) is 0 Å². The number of aromatic hydroxyl groups is 1. The monoisotopic (exact) mass is 367 g/mol. The number of methoxy groups -OCH3 is 1. The molecule has 0 radical (unpaired) electrons. The summed E-state index contributed by atoms with van der Waals surface area (Å²) in [4.78, 5) is 5.82. The van der Waals surface area contributed by atoms with E-state index >= 15 is 0 Å². The number of aromatic nitrogens is 2. The van der Waals surface area contributed by atoms with E-state index < -0.39 is 0 Å². The molecule has 26 heavy (non-hydrogen) atoms. The molecule has 0 saturated heterocycles. The molecule has 4 rings (SSSR count). The highest BCUT2D eigenvalue weighted by Crippen LogP contribution is 2.39. The zero-order valence-corrected chi connectivity index (χ0v) is 16.0. The smallest absolute Gasteiger partial charge is 0.197 e. The van der Waals surface area contributed by atoms with Crippen molar-refractivity contribution in [1.82, 2.24) is 9.38 Å². The lowest BCUT2D eigenvalue weighted by atomic mass is 10.1. The third-order valence-corrected chi connectivity index (χ3v) is 5.12. The Morgan fingerprint density at radius 3 is 2.65 bits per heavy atom. The van der Waals surface area contributed by atoms with Gasteiger partial charge in [-0.1, -0.05) is 23.5 Å². The molecular formula is C20H21N3O2S. The van der Waals surface area contributed by atoms with E-state index in [0.29, 0.717) is 5.75 Å². The fourth-order valence-electron chi connectivity index (χ4n) is 3.02. The first-order valence-corrected chi connectivity index (χ1v) is 9.24. The van der Waals surface area contributed by atoms with Crippen molar-refractivity contribution >= 4 is 32.3 Å². The van der Waals surface area contributed by atoms with Crippen LogP contribution >= 0.6 is 11.3 Å². The van der Waals surface area contributed by atoms with E-state index in [1.54, 1.807) is 24.5 Å². The molecule has 0 aliphatic heterocycles. The van der Waals surface area contributed by atoms with Gasteiger partial charge in [0, 0.05) is 11.1 Å². The molecule has 0 fully saturated rings. The number of imidazole rings is 1. The fraction of sp³-hybridized carbons (Fsp3) is 0.250. The van der Waals surface area contributed by atoms with Crippen LogP contribution in [0.15, 0.2) is 42.5 Å². The van der Waals surface area contributed by atoms with Crippen LogP contribution in [0.4, 0.5) is 5.82 Å². The largest absolute Gasteiger partial charge is 0.504 e. The Morgan fingerprint density at radius 1 is 1.15 bits per heavy atom. The molecule has 4 aromatic rings. The molecule has 5 nitrogen and oxygen atoms in total. The van der Waals surface area contributed by atoms with Crippen LogP contribution in [-0.2, 0) is 0 Å². The number of rotatable bonds is 3. The maximum absolute atomic E-state index is 9.91. The standard InChI is InChI=1S/C20H21N3O2S/c1-20(2,3)22-18-17(12-9-10-14(24)15(11-12)25-4)21-19-23(18)13-7-5-6-8-16(13)26-19/h5-11,22,24H,1-4H3. The number of nitrogens with zero attached hydrogens (tertiary/aromatic N) is 2. The number of para-hydroxylation sites is 1. The second-order valence-corrected chi connectivity index (χ2v) is 8.27. The van der Waals surface area contributed by atoms with Crippen molar-refractivity contribution in [3.05, 3.63) is 42.5 Å². The van der Waals surface area contributed by atoms with Gasteiger partial charge in [0.25, 0.3) is 0 Å². The van der Waals surface area contributed by atoms with E-state index in [1.165, 1.54) is 4.70 Å². The number of hydrogen-bond donors (Lipinski definition) is 2. The van der Waals surface area contributed by atoms with Gasteiger partial charge in [0.2, 0.25) is 0 Å². The Morgan fingerprint density at radius 2 is 1.92 bits per heavy atom. The summed E-state index contributed by atoms with van der Waals surface area (Å²) in [6.45, 7) is 6.38. The van der Waals surface area contributed by atoms with Gasteiger partial charge in [-0.05, 0) is 51.1 Å². The van der Waals surface area contributed by atoms with Gasteiger partial charge in [-0.2, -0.15) is 0 Å². The molecular weight excluding hydrogens is 346 g/mol. The minimum absolute atomic E-state index is 0.119. The number of anilines is 1. The summed E-state index contributed by atoms with van der Waals surface area (Å²) in [7, 11) is 1.55. The van der Waals surface area contributed by atoms with Gasteiger partial charge < -0.3 is 15.2 Å². The minimum atomic E-state index is -0.130. The summed E-state index contributed by atoms with van der Waals surface area (Å²) < 4.78 is 8.63. The molecule has 2 aromatic carbocycles. The molecule has 0 aliphatic carbocycles. The lowest BCUT2D eigenvalue weighted by molar-refractivity contribution is 0.373. The third-order valence-electron chi connectivity index (χ3n) is 4.10. The van der Waals surface area contributed by atoms with Crippen molar-refractivity contribution in [3.8, 4) is 22.8 Å². The predicted molar refractivity (Wildman–Crippen MR) is 108 cm³/mol. The lowest BCUT2D eigenvalue weighted by Gasteiger charge is -2.22. The molecule has 0 spiro atoms. The molecule has 0 saturated carbocycles. The van der Waals surface area contributed by atoms with Gasteiger partial charge in [-0.25, -0.2) is 4.98 Å². The van der Waals surface area contributed by atoms with Gasteiger partial charge in [-0.15, -0.1) is 0 Å². The maximum Gasteiger partial charge on any atom is 0.197 e. The number of ether oxygens (including phenoxy) is 1. The molecule has 0 aliphatic rings. The summed E-state index contributed by atoms with van der Waals surface area (Å²) in [6, 6.07) is 13.6. The third kappa shape index (κ3) is 2.76. The number of hydrogen-bond acceptors (Lipinski definition) is 5. The van der Waals surface area contributed by atoms with Crippen LogP contribution in [0.5, 0.6) is 11.5 Å². The van der Waals surface area contributed by atoms with Gasteiger partial charge in [0.1, 0.15) is 11.5 Å². The highest BCUT2D eigenvalue weighted by molar-refractivity contribution is 7.23. The van der Waals surface area contributed by atoms with E-state index in [4.69, 9.17) is 9.72 Å². The van der Waals surface area contributed by atoms with Gasteiger partial charge >= 0.3 is 0 Å². The highest BCUT2D eigenvalue weighted by Gasteiger charge is 2.22. The Bertz CT molecular complexity index is 1110. The zero-order valence-electron chi connectivity index (χ0n) is 15.2. The highest BCUT2D eigenvalue weighted by atomic mass is 32.1. The molecule has 6 heteroatoms. The Labute approximate surface area is 155 Å².